The number of nitrogens with zero attached hydrogens (tertiary/aromatic N) is 3. The third-order valence-electron chi connectivity index (χ3n) is 3.18. The minimum atomic E-state index is -0.900. The molecule has 2 aromatic rings. The zero-order valence-corrected chi connectivity index (χ0v) is 10.8. The Labute approximate surface area is 113 Å². The van der Waals surface area contributed by atoms with Gasteiger partial charge in [-0.05, 0) is 17.5 Å². The number of benzene rings is 1. The molecule has 6 nitrogen and oxygen atoms in total. The molecule has 0 spiro atoms. The maximum Gasteiger partial charge on any atom is 0.313 e. The summed E-state index contributed by atoms with van der Waals surface area (Å²) in [4.78, 5) is 10.5. The molecule has 3 rings (SSSR count). The number of hydrogen-bond acceptors (Lipinski definition) is 5. The summed E-state index contributed by atoms with van der Waals surface area (Å²) in [5, 5.41) is 17.1. The van der Waals surface area contributed by atoms with E-state index >= 15 is 0 Å². The van der Waals surface area contributed by atoms with Gasteiger partial charge in [0.2, 0.25) is 5.16 Å². The highest BCUT2D eigenvalue weighted by Crippen LogP contribution is 2.39. The molecule has 1 aromatic carbocycles. The smallest absolute Gasteiger partial charge is 0.313 e. The molecular formula is C12H12N4O2S. The Morgan fingerprint density at radius 3 is 3.00 bits per heavy atom. The normalized spacial score (nSPS) is 16.7. The molecule has 0 bridgehead atoms. The number of hydrogen-bond donors (Lipinski definition) is 2. The van der Waals surface area contributed by atoms with Gasteiger partial charge in [0.15, 0.2) is 5.82 Å². The van der Waals surface area contributed by atoms with Gasteiger partial charge in [0.25, 0.3) is 0 Å². The molecule has 0 amide bonds. The van der Waals surface area contributed by atoms with Crippen molar-refractivity contribution < 1.29 is 9.90 Å². The molecule has 19 heavy (non-hydrogen) atoms. The number of nitrogens with two attached hydrogens (primary N) is 1. The molecule has 1 aliphatic carbocycles. The van der Waals surface area contributed by atoms with Crippen LogP contribution in [0.2, 0.25) is 0 Å². The maximum atomic E-state index is 10.5. The van der Waals surface area contributed by atoms with Gasteiger partial charge in [0.05, 0.1) is 11.7 Å². The molecule has 0 saturated heterocycles. The van der Waals surface area contributed by atoms with E-state index in [2.05, 4.69) is 22.3 Å². The van der Waals surface area contributed by atoms with E-state index < -0.39 is 5.97 Å². The molecule has 0 fully saturated rings. The number of aliphatic carboxylic acids is 1. The summed E-state index contributed by atoms with van der Waals surface area (Å²) in [6.07, 6.45) is 0.898. The highest BCUT2D eigenvalue weighted by molar-refractivity contribution is 7.99. The third kappa shape index (κ3) is 2.06. The van der Waals surface area contributed by atoms with Gasteiger partial charge < -0.3 is 10.9 Å². The molecule has 1 aliphatic rings. The van der Waals surface area contributed by atoms with Crippen molar-refractivity contribution in [3.8, 4) is 0 Å². The van der Waals surface area contributed by atoms with E-state index in [4.69, 9.17) is 10.9 Å². The minimum absolute atomic E-state index is 0.0728. The Kier molecular flexibility index (Phi) is 2.90. The van der Waals surface area contributed by atoms with Crippen LogP contribution in [0, 0.1) is 0 Å². The first-order valence-corrected chi connectivity index (χ1v) is 6.78. The van der Waals surface area contributed by atoms with Crippen molar-refractivity contribution in [2.24, 2.45) is 0 Å². The number of carboxylic acid groups (broad SMARTS) is 1. The van der Waals surface area contributed by atoms with Gasteiger partial charge >= 0.3 is 5.97 Å². The Morgan fingerprint density at radius 2 is 2.26 bits per heavy atom. The first-order chi connectivity index (χ1) is 9.16. The topological polar surface area (TPSA) is 94.0 Å². The van der Waals surface area contributed by atoms with E-state index in [1.165, 1.54) is 15.8 Å². The number of rotatable bonds is 4. The molecule has 0 saturated carbocycles. The summed E-state index contributed by atoms with van der Waals surface area (Å²) in [7, 11) is 0. The molecular weight excluding hydrogens is 264 g/mol. The van der Waals surface area contributed by atoms with E-state index in [-0.39, 0.29) is 11.7 Å². The number of aromatic nitrogens is 3. The van der Waals surface area contributed by atoms with E-state index in [1.807, 2.05) is 12.1 Å². The van der Waals surface area contributed by atoms with Gasteiger partial charge in [-0.15, -0.1) is 10.2 Å². The molecule has 1 atom stereocenters. The molecule has 98 valence electrons. The van der Waals surface area contributed by atoms with Crippen LogP contribution in [0.5, 0.6) is 0 Å². The minimum Gasteiger partial charge on any atom is -0.481 e. The van der Waals surface area contributed by atoms with Crippen LogP contribution in [-0.2, 0) is 11.2 Å². The lowest BCUT2D eigenvalue weighted by atomic mass is 9.77. The second-order valence-electron chi connectivity index (χ2n) is 4.35. The van der Waals surface area contributed by atoms with Crippen molar-refractivity contribution in [2.75, 3.05) is 11.6 Å². The van der Waals surface area contributed by atoms with Crippen LogP contribution in [0.15, 0.2) is 29.4 Å². The summed E-state index contributed by atoms with van der Waals surface area (Å²) in [6, 6.07) is 8.14. The van der Waals surface area contributed by atoms with E-state index in [0.717, 1.165) is 18.2 Å². The first kappa shape index (κ1) is 12.0. The third-order valence-corrected chi connectivity index (χ3v) is 4.11. The summed E-state index contributed by atoms with van der Waals surface area (Å²) in [5.74, 6) is 5.81. The van der Waals surface area contributed by atoms with Crippen LogP contribution in [0.3, 0.4) is 0 Å². The number of carbonyl (C=O) groups is 1. The van der Waals surface area contributed by atoms with Gasteiger partial charge in [0.1, 0.15) is 0 Å². The molecule has 1 aromatic heterocycles. The fourth-order valence-corrected chi connectivity index (χ4v) is 2.82. The van der Waals surface area contributed by atoms with Crippen molar-refractivity contribution in [2.45, 2.75) is 17.5 Å². The lowest BCUT2D eigenvalue weighted by Gasteiger charge is -2.28. The lowest BCUT2D eigenvalue weighted by Crippen LogP contribution is -2.25. The number of fused-ring (bicyclic) bond motifs is 1. The van der Waals surface area contributed by atoms with Crippen molar-refractivity contribution in [1.82, 2.24) is 14.9 Å². The Bertz CT molecular complexity index is 640. The first-order valence-electron chi connectivity index (χ1n) is 5.79. The average Bonchev–Trinajstić information content (AvgIpc) is 2.70. The van der Waals surface area contributed by atoms with Crippen molar-refractivity contribution in [1.29, 1.82) is 0 Å². The number of nitrogen functional groups attached to an aromatic ring is 1. The molecule has 1 heterocycles. The molecule has 0 aliphatic heterocycles. The lowest BCUT2D eigenvalue weighted by molar-refractivity contribution is -0.133. The Balaban J connectivity index is 1.82. The van der Waals surface area contributed by atoms with Crippen LogP contribution >= 0.6 is 11.8 Å². The van der Waals surface area contributed by atoms with E-state index in [9.17, 15) is 4.79 Å². The van der Waals surface area contributed by atoms with Crippen LogP contribution < -0.4 is 5.84 Å². The highest BCUT2D eigenvalue weighted by atomic mass is 32.2. The summed E-state index contributed by atoms with van der Waals surface area (Å²) in [6.45, 7) is 0. The van der Waals surface area contributed by atoms with E-state index in [1.54, 1.807) is 0 Å². The second-order valence-corrected chi connectivity index (χ2v) is 5.29. The average molecular weight is 276 g/mol. The molecule has 3 N–H and O–H groups in total. The van der Waals surface area contributed by atoms with Crippen LogP contribution in [0.1, 0.15) is 22.9 Å². The van der Waals surface area contributed by atoms with Gasteiger partial charge in [-0.2, -0.15) is 0 Å². The van der Waals surface area contributed by atoms with Gasteiger partial charge in [-0.3, -0.25) is 4.79 Å². The van der Waals surface area contributed by atoms with Gasteiger partial charge in [-0.1, -0.05) is 36.0 Å². The fraction of sp³-hybridized carbons (Fsp3) is 0.250. The zero-order valence-electron chi connectivity index (χ0n) is 9.98. The largest absolute Gasteiger partial charge is 0.481 e. The predicted octanol–water partition coefficient (Wildman–Crippen LogP) is 0.857. The monoisotopic (exact) mass is 276 g/mol. The summed E-state index contributed by atoms with van der Waals surface area (Å²) in [5.41, 5.74) is 2.52. The van der Waals surface area contributed by atoms with Crippen molar-refractivity contribution in [3.05, 3.63) is 41.2 Å². The maximum absolute atomic E-state index is 10.5. The standard InChI is InChI=1S/C12H12N4O2S/c13-16-11(14-15-12(16)19-6-10(17)18)9-5-7-3-1-2-4-8(7)9/h1-4,9H,5-6,13H2,(H,17,18). The molecule has 7 heteroatoms. The van der Waals surface area contributed by atoms with Crippen molar-refractivity contribution in [3.63, 3.8) is 0 Å². The SMILES string of the molecule is Nn1c(SCC(=O)O)nnc1C1Cc2ccccc21. The summed E-state index contributed by atoms with van der Waals surface area (Å²) < 4.78 is 1.40. The quantitative estimate of drug-likeness (QED) is 0.635. The highest BCUT2D eigenvalue weighted by Gasteiger charge is 2.31. The Morgan fingerprint density at radius 1 is 1.47 bits per heavy atom. The number of thioether (sulfide) groups is 1. The van der Waals surface area contributed by atoms with Gasteiger partial charge in [-0.25, -0.2) is 4.68 Å². The van der Waals surface area contributed by atoms with Crippen molar-refractivity contribution >= 4 is 17.7 Å². The zero-order chi connectivity index (χ0) is 13.4. The van der Waals surface area contributed by atoms with E-state index in [0.29, 0.717) is 11.0 Å². The van der Waals surface area contributed by atoms with Crippen LogP contribution in [-0.4, -0.2) is 31.7 Å². The fourth-order valence-electron chi connectivity index (χ4n) is 2.24. The Hall–Kier alpha value is -2.02. The van der Waals surface area contributed by atoms with Crippen LogP contribution in [0.4, 0.5) is 0 Å². The predicted molar refractivity (Wildman–Crippen MR) is 70.5 cm³/mol. The number of carboxylic acids is 1. The summed E-state index contributed by atoms with van der Waals surface area (Å²) >= 11 is 1.07. The molecule has 0 radical (unpaired) electrons. The van der Waals surface area contributed by atoms with Crippen LogP contribution in [0.25, 0.3) is 0 Å². The van der Waals surface area contributed by atoms with Gasteiger partial charge in [0, 0.05) is 0 Å². The molecule has 1 unspecified atom stereocenters. The second kappa shape index (κ2) is 4.58.